The molecule has 5 nitrogen and oxygen atoms in total. The van der Waals surface area contributed by atoms with Gasteiger partial charge in [0.2, 0.25) is 5.75 Å². The van der Waals surface area contributed by atoms with Crippen molar-refractivity contribution in [2.24, 2.45) is 0 Å². The average Bonchev–Trinajstić information content (AvgIpc) is 2.40. The number of nitrogens with one attached hydrogen (secondary N) is 1. The molecule has 0 aromatic heterocycles. The van der Waals surface area contributed by atoms with Crippen LogP contribution in [0.3, 0.4) is 0 Å². The Morgan fingerprint density at radius 1 is 1.00 bits per heavy atom. The first-order chi connectivity index (χ1) is 9.02. The van der Waals surface area contributed by atoms with Gasteiger partial charge >= 0.3 is 0 Å². The van der Waals surface area contributed by atoms with Crippen LogP contribution in [0.4, 0.5) is 8.78 Å². The quantitative estimate of drug-likeness (QED) is 0.628. The summed E-state index contributed by atoms with van der Waals surface area (Å²) in [4.78, 5) is 1.55. The first-order valence-corrected chi connectivity index (χ1v) is 5.99. The van der Waals surface area contributed by atoms with E-state index in [0.29, 0.717) is 26.2 Å². The van der Waals surface area contributed by atoms with Crippen LogP contribution in [0.2, 0.25) is 0 Å². The van der Waals surface area contributed by atoms with Crippen LogP contribution in [0.15, 0.2) is 12.1 Å². The number of benzene rings is 1. The zero-order valence-electron chi connectivity index (χ0n) is 11.0. The van der Waals surface area contributed by atoms with E-state index in [1.807, 2.05) is 0 Å². The van der Waals surface area contributed by atoms with Crippen LogP contribution >= 0.6 is 24.8 Å². The summed E-state index contributed by atoms with van der Waals surface area (Å²) < 4.78 is 26.5. The van der Waals surface area contributed by atoms with E-state index in [2.05, 4.69) is 5.32 Å². The fraction of sp³-hybridized carbons (Fsp3) is 0.500. The average molecular weight is 347 g/mol. The molecule has 0 spiro atoms. The van der Waals surface area contributed by atoms with Crippen LogP contribution in [0.5, 0.6) is 17.2 Å². The molecule has 0 unspecified atom stereocenters. The molecule has 122 valence electrons. The minimum Gasteiger partial charge on any atom is -0.504 e. The fourth-order valence-electron chi connectivity index (χ4n) is 2.28. The summed E-state index contributed by atoms with van der Waals surface area (Å²) in [6, 6.07) is 1.01. The molecule has 0 saturated carbocycles. The van der Waals surface area contributed by atoms with Gasteiger partial charge in [-0.05, 0) is 12.1 Å². The standard InChI is InChI=1S/C12H16F2N2O3.2ClH/c13-12(14)9(16-5-3-15-4-6-16)7-1-2-8(17)11(19)10(7)18;;/h1-2,9,12,15,17-19H,3-6H2;2*1H/t9-;;/m0../s1. The summed E-state index contributed by atoms with van der Waals surface area (Å²) in [6.45, 7) is 2.04. The smallest absolute Gasteiger partial charge is 0.258 e. The van der Waals surface area contributed by atoms with E-state index in [-0.39, 0.29) is 30.4 Å². The zero-order valence-corrected chi connectivity index (χ0v) is 12.6. The Hall–Kier alpha value is -1.02. The Morgan fingerprint density at radius 2 is 1.57 bits per heavy atom. The number of nitrogens with zero attached hydrogens (tertiary/aromatic N) is 1. The number of halogens is 4. The van der Waals surface area contributed by atoms with E-state index >= 15 is 0 Å². The number of alkyl halides is 2. The van der Waals surface area contributed by atoms with Gasteiger partial charge in [-0.1, -0.05) is 0 Å². The number of piperazine rings is 1. The van der Waals surface area contributed by atoms with Crippen molar-refractivity contribution in [2.45, 2.75) is 12.5 Å². The Kier molecular flexibility index (Phi) is 8.02. The lowest BCUT2D eigenvalue weighted by Crippen LogP contribution is -2.46. The predicted molar refractivity (Wildman–Crippen MR) is 79.1 cm³/mol. The zero-order chi connectivity index (χ0) is 14.0. The molecule has 21 heavy (non-hydrogen) atoms. The number of phenolic OH excluding ortho intramolecular Hbond substituents is 3. The fourth-order valence-corrected chi connectivity index (χ4v) is 2.28. The molecule has 0 bridgehead atoms. The molecule has 1 aromatic rings. The molecule has 0 amide bonds. The number of aromatic hydroxyl groups is 3. The molecule has 1 fully saturated rings. The summed E-state index contributed by atoms with van der Waals surface area (Å²) in [5.74, 6) is -1.99. The molecular formula is C12H18Cl2F2N2O3. The van der Waals surface area contributed by atoms with Gasteiger partial charge in [0.15, 0.2) is 11.5 Å². The summed E-state index contributed by atoms with van der Waals surface area (Å²) in [7, 11) is 0. The monoisotopic (exact) mass is 346 g/mol. The van der Waals surface area contributed by atoms with Crippen LogP contribution in [0, 0.1) is 0 Å². The lowest BCUT2D eigenvalue weighted by molar-refractivity contribution is 0.0168. The normalized spacial score (nSPS) is 16.9. The Morgan fingerprint density at radius 3 is 2.10 bits per heavy atom. The molecule has 0 aliphatic carbocycles. The van der Waals surface area contributed by atoms with Gasteiger partial charge in [-0.25, -0.2) is 8.78 Å². The lowest BCUT2D eigenvalue weighted by Gasteiger charge is -2.34. The minimum absolute atomic E-state index is 0. The van der Waals surface area contributed by atoms with E-state index in [0.717, 1.165) is 6.07 Å². The first kappa shape index (κ1) is 20.0. The minimum atomic E-state index is -2.70. The largest absolute Gasteiger partial charge is 0.504 e. The van der Waals surface area contributed by atoms with Gasteiger partial charge < -0.3 is 20.6 Å². The maximum absolute atomic E-state index is 13.3. The maximum Gasteiger partial charge on any atom is 0.258 e. The SMILES string of the molecule is Cl.Cl.Oc1ccc([C@@H](C(F)F)N2CCNCC2)c(O)c1O. The summed E-state index contributed by atoms with van der Waals surface area (Å²) in [5.41, 5.74) is -0.0767. The van der Waals surface area contributed by atoms with Gasteiger partial charge in [-0.3, -0.25) is 4.90 Å². The van der Waals surface area contributed by atoms with Crippen molar-refractivity contribution in [3.05, 3.63) is 17.7 Å². The van der Waals surface area contributed by atoms with Gasteiger partial charge in [-0.2, -0.15) is 0 Å². The Balaban J connectivity index is 0.00000200. The van der Waals surface area contributed by atoms with Crippen molar-refractivity contribution < 1.29 is 24.1 Å². The van der Waals surface area contributed by atoms with Crippen molar-refractivity contribution in [3.8, 4) is 17.2 Å². The molecule has 4 N–H and O–H groups in total. The highest BCUT2D eigenvalue weighted by Gasteiger charge is 2.33. The van der Waals surface area contributed by atoms with Crippen molar-refractivity contribution >= 4 is 24.8 Å². The van der Waals surface area contributed by atoms with Gasteiger partial charge in [0.05, 0.1) is 0 Å². The van der Waals surface area contributed by atoms with Crippen molar-refractivity contribution in [2.75, 3.05) is 26.2 Å². The molecule has 1 aliphatic heterocycles. The van der Waals surface area contributed by atoms with E-state index in [9.17, 15) is 24.1 Å². The van der Waals surface area contributed by atoms with Gasteiger partial charge in [0.25, 0.3) is 6.43 Å². The molecular weight excluding hydrogens is 329 g/mol. The second-order valence-electron chi connectivity index (χ2n) is 4.44. The summed E-state index contributed by atoms with van der Waals surface area (Å²) in [6.07, 6.45) is -2.70. The van der Waals surface area contributed by atoms with Crippen molar-refractivity contribution in [1.82, 2.24) is 10.2 Å². The number of phenols is 3. The van der Waals surface area contributed by atoms with Gasteiger partial charge in [0.1, 0.15) is 6.04 Å². The molecule has 1 aromatic carbocycles. The van der Waals surface area contributed by atoms with Crippen LogP contribution in [-0.2, 0) is 0 Å². The second kappa shape index (κ2) is 8.43. The van der Waals surface area contributed by atoms with Gasteiger partial charge in [-0.15, -0.1) is 24.8 Å². The third-order valence-corrected chi connectivity index (χ3v) is 3.26. The lowest BCUT2D eigenvalue weighted by atomic mass is 10.0. The van der Waals surface area contributed by atoms with Gasteiger partial charge in [0, 0.05) is 31.7 Å². The second-order valence-corrected chi connectivity index (χ2v) is 4.44. The third-order valence-electron chi connectivity index (χ3n) is 3.26. The summed E-state index contributed by atoms with van der Waals surface area (Å²) >= 11 is 0. The highest BCUT2D eigenvalue weighted by atomic mass is 35.5. The molecule has 2 rings (SSSR count). The highest BCUT2D eigenvalue weighted by Crippen LogP contribution is 2.42. The van der Waals surface area contributed by atoms with Crippen molar-refractivity contribution in [3.63, 3.8) is 0 Å². The van der Waals surface area contributed by atoms with E-state index < -0.39 is 29.7 Å². The van der Waals surface area contributed by atoms with Crippen molar-refractivity contribution in [1.29, 1.82) is 0 Å². The molecule has 1 atom stereocenters. The third kappa shape index (κ3) is 4.23. The molecule has 9 heteroatoms. The highest BCUT2D eigenvalue weighted by molar-refractivity contribution is 5.85. The number of hydrogen-bond acceptors (Lipinski definition) is 5. The number of rotatable bonds is 3. The Bertz CT molecular complexity index is 460. The Labute approximate surface area is 133 Å². The maximum atomic E-state index is 13.3. The summed E-state index contributed by atoms with van der Waals surface area (Å²) in [5, 5.41) is 31.5. The van der Waals surface area contributed by atoms with E-state index in [4.69, 9.17) is 0 Å². The predicted octanol–water partition coefficient (Wildman–Crippen LogP) is 1.86. The molecule has 1 aliphatic rings. The van der Waals surface area contributed by atoms with Crippen LogP contribution in [0.1, 0.15) is 11.6 Å². The topological polar surface area (TPSA) is 76.0 Å². The molecule has 0 radical (unpaired) electrons. The van der Waals surface area contributed by atoms with Crippen LogP contribution in [0.25, 0.3) is 0 Å². The van der Waals surface area contributed by atoms with Crippen LogP contribution < -0.4 is 5.32 Å². The molecule has 1 saturated heterocycles. The van der Waals surface area contributed by atoms with E-state index in [1.54, 1.807) is 4.90 Å². The number of hydrogen-bond donors (Lipinski definition) is 4. The van der Waals surface area contributed by atoms with Crippen LogP contribution in [-0.4, -0.2) is 52.8 Å². The van der Waals surface area contributed by atoms with E-state index in [1.165, 1.54) is 6.07 Å². The molecule has 1 heterocycles. The first-order valence-electron chi connectivity index (χ1n) is 5.99.